The van der Waals surface area contributed by atoms with Gasteiger partial charge in [-0.05, 0) is 24.1 Å². The van der Waals surface area contributed by atoms with Gasteiger partial charge in [-0.3, -0.25) is 0 Å². The highest BCUT2D eigenvalue weighted by atomic mass is 19.4. The molecular formula is C12H13F6NO. The first kappa shape index (κ1) is 16.8. The Bertz CT molecular complexity index is 470. The second-order valence-electron chi connectivity index (χ2n) is 4.36. The quantitative estimate of drug-likeness (QED) is 0.842. The van der Waals surface area contributed by atoms with Crippen LogP contribution in [-0.4, -0.2) is 17.3 Å². The van der Waals surface area contributed by atoms with E-state index in [1.165, 1.54) is 6.92 Å². The monoisotopic (exact) mass is 301 g/mol. The second-order valence-corrected chi connectivity index (χ2v) is 4.36. The molecule has 0 saturated heterocycles. The zero-order valence-electron chi connectivity index (χ0n) is 10.4. The van der Waals surface area contributed by atoms with Gasteiger partial charge in [0.1, 0.15) is 0 Å². The van der Waals surface area contributed by atoms with Crippen LogP contribution in [0.25, 0.3) is 0 Å². The first-order valence-corrected chi connectivity index (χ1v) is 5.67. The summed E-state index contributed by atoms with van der Waals surface area (Å²) in [6.45, 7) is 1.30. The fourth-order valence-electron chi connectivity index (χ4n) is 1.82. The molecule has 1 rings (SSSR count). The molecule has 1 aromatic rings. The summed E-state index contributed by atoms with van der Waals surface area (Å²) in [5.41, 5.74) is -0.446. The van der Waals surface area contributed by atoms with Crippen molar-refractivity contribution >= 4 is 0 Å². The Balaban J connectivity index is 3.44. The van der Waals surface area contributed by atoms with Crippen molar-refractivity contribution in [3.05, 3.63) is 35.4 Å². The molecule has 2 nitrogen and oxygen atoms in total. The van der Waals surface area contributed by atoms with E-state index in [-0.39, 0.29) is 12.5 Å². The molecule has 0 aliphatic rings. The maximum absolute atomic E-state index is 13.0. The number of benzene rings is 1. The van der Waals surface area contributed by atoms with E-state index in [1.54, 1.807) is 0 Å². The Hall–Kier alpha value is -1.28. The van der Waals surface area contributed by atoms with Gasteiger partial charge in [0, 0.05) is 6.04 Å². The fourth-order valence-corrected chi connectivity index (χ4v) is 1.82. The van der Waals surface area contributed by atoms with Gasteiger partial charge in [-0.15, -0.1) is 0 Å². The van der Waals surface area contributed by atoms with E-state index in [1.807, 2.05) is 0 Å². The van der Waals surface area contributed by atoms with Gasteiger partial charge in [-0.25, -0.2) is 0 Å². The summed E-state index contributed by atoms with van der Waals surface area (Å²) >= 11 is 0. The lowest BCUT2D eigenvalue weighted by Gasteiger charge is -2.36. The Labute approximate surface area is 111 Å². The third kappa shape index (κ3) is 2.90. The summed E-state index contributed by atoms with van der Waals surface area (Å²) in [4.78, 5) is 0. The molecule has 8 heteroatoms. The van der Waals surface area contributed by atoms with Gasteiger partial charge in [0.15, 0.2) is 0 Å². The van der Waals surface area contributed by atoms with Gasteiger partial charge in [0.25, 0.3) is 0 Å². The van der Waals surface area contributed by atoms with Crippen LogP contribution in [0.15, 0.2) is 24.3 Å². The van der Waals surface area contributed by atoms with Crippen molar-refractivity contribution < 1.29 is 31.4 Å². The van der Waals surface area contributed by atoms with Crippen LogP contribution in [0.2, 0.25) is 0 Å². The summed E-state index contributed by atoms with van der Waals surface area (Å²) < 4.78 is 76.8. The lowest BCUT2D eigenvalue weighted by atomic mass is 9.84. The number of alkyl halides is 6. The molecule has 0 heterocycles. The van der Waals surface area contributed by atoms with E-state index < -0.39 is 35.1 Å². The molecule has 0 aliphatic carbocycles. The molecule has 0 saturated carbocycles. The number of halogens is 6. The minimum absolute atomic E-state index is 0.258. The maximum atomic E-state index is 13.0. The molecule has 0 aliphatic heterocycles. The number of rotatable bonds is 3. The van der Waals surface area contributed by atoms with Gasteiger partial charge < -0.3 is 10.8 Å². The van der Waals surface area contributed by atoms with Crippen LogP contribution in [0.3, 0.4) is 0 Å². The molecule has 0 radical (unpaired) electrons. The van der Waals surface area contributed by atoms with Crippen LogP contribution in [0.4, 0.5) is 26.3 Å². The standard InChI is InChI=1S/C12H13F6NO/c1-2-9(19)10(20,12(16,17)18)7-4-3-5-8(6-7)11(13,14)15/h3-6,9,20H,2,19H2,1H3. The first-order chi connectivity index (χ1) is 8.94. The van der Waals surface area contributed by atoms with E-state index in [4.69, 9.17) is 5.73 Å². The Kier molecular flexibility index (Phi) is 4.40. The van der Waals surface area contributed by atoms with Gasteiger partial charge in [-0.1, -0.05) is 19.1 Å². The molecule has 0 amide bonds. The predicted octanol–water partition coefficient (Wildman–Crippen LogP) is 3.19. The molecule has 0 bridgehead atoms. The minimum Gasteiger partial charge on any atom is -0.375 e. The number of nitrogens with two attached hydrogens (primary N) is 1. The Morgan fingerprint density at radius 1 is 1.10 bits per heavy atom. The van der Waals surface area contributed by atoms with E-state index in [2.05, 4.69) is 0 Å². The number of hydrogen-bond donors (Lipinski definition) is 2. The van der Waals surface area contributed by atoms with E-state index in [0.29, 0.717) is 6.07 Å². The summed E-state index contributed by atoms with van der Waals surface area (Å²) in [6.07, 6.45) is -10.3. The Morgan fingerprint density at radius 2 is 1.60 bits per heavy atom. The van der Waals surface area contributed by atoms with Gasteiger partial charge in [0.2, 0.25) is 5.60 Å². The second kappa shape index (κ2) is 5.25. The zero-order chi connectivity index (χ0) is 15.8. The minimum atomic E-state index is -5.19. The molecule has 1 aromatic carbocycles. The lowest BCUT2D eigenvalue weighted by Crippen LogP contribution is -2.55. The van der Waals surface area contributed by atoms with Crippen molar-refractivity contribution in [2.24, 2.45) is 5.73 Å². The average molecular weight is 301 g/mol. The van der Waals surface area contributed by atoms with Crippen molar-refractivity contribution in [2.45, 2.75) is 37.3 Å². The highest BCUT2D eigenvalue weighted by Gasteiger charge is 2.58. The maximum Gasteiger partial charge on any atom is 0.422 e. The average Bonchev–Trinajstić information content (AvgIpc) is 2.34. The van der Waals surface area contributed by atoms with E-state index in [9.17, 15) is 31.4 Å². The predicted molar refractivity (Wildman–Crippen MR) is 59.7 cm³/mol. The topological polar surface area (TPSA) is 46.2 Å². The molecule has 2 atom stereocenters. The van der Waals surface area contributed by atoms with Gasteiger partial charge in [-0.2, -0.15) is 26.3 Å². The molecule has 3 N–H and O–H groups in total. The normalized spacial score (nSPS) is 17.6. The highest BCUT2D eigenvalue weighted by molar-refractivity contribution is 5.32. The van der Waals surface area contributed by atoms with Crippen molar-refractivity contribution in [1.82, 2.24) is 0 Å². The van der Waals surface area contributed by atoms with E-state index >= 15 is 0 Å². The molecular weight excluding hydrogens is 288 g/mol. The lowest BCUT2D eigenvalue weighted by molar-refractivity contribution is -0.274. The van der Waals surface area contributed by atoms with Crippen LogP contribution in [-0.2, 0) is 11.8 Å². The molecule has 0 fully saturated rings. The van der Waals surface area contributed by atoms with Crippen LogP contribution < -0.4 is 5.73 Å². The van der Waals surface area contributed by atoms with Crippen molar-refractivity contribution in [2.75, 3.05) is 0 Å². The van der Waals surface area contributed by atoms with E-state index in [0.717, 1.165) is 12.1 Å². The molecule has 0 aromatic heterocycles. The van der Waals surface area contributed by atoms with Crippen molar-refractivity contribution in [1.29, 1.82) is 0 Å². The zero-order valence-corrected chi connectivity index (χ0v) is 10.4. The van der Waals surface area contributed by atoms with Gasteiger partial charge in [0.05, 0.1) is 5.56 Å². The summed E-state index contributed by atoms with van der Waals surface area (Å²) in [5.74, 6) is 0. The highest BCUT2D eigenvalue weighted by Crippen LogP contribution is 2.43. The molecule has 114 valence electrons. The van der Waals surface area contributed by atoms with Crippen LogP contribution in [0.1, 0.15) is 24.5 Å². The summed E-state index contributed by atoms with van der Waals surface area (Å²) in [5, 5.41) is 9.86. The summed E-state index contributed by atoms with van der Waals surface area (Å²) in [7, 11) is 0. The molecule has 0 spiro atoms. The van der Waals surface area contributed by atoms with Crippen LogP contribution >= 0.6 is 0 Å². The van der Waals surface area contributed by atoms with Crippen molar-refractivity contribution in [3.8, 4) is 0 Å². The van der Waals surface area contributed by atoms with Crippen LogP contribution in [0, 0.1) is 0 Å². The SMILES string of the molecule is CCC(N)C(O)(c1cccc(C(F)(F)F)c1)C(F)(F)F. The van der Waals surface area contributed by atoms with Crippen LogP contribution in [0.5, 0.6) is 0 Å². The Morgan fingerprint density at radius 3 is 2.00 bits per heavy atom. The fraction of sp³-hybridized carbons (Fsp3) is 0.500. The van der Waals surface area contributed by atoms with Crippen molar-refractivity contribution in [3.63, 3.8) is 0 Å². The number of hydrogen-bond acceptors (Lipinski definition) is 2. The molecule has 20 heavy (non-hydrogen) atoms. The first-order valence-electron chi connectivity index (χ1n) is 5.67. The summed E-state index contributed by atoms with van der Waals surface area (Å²) in [6, 6.07) is 0.696. The number of aliphatic hydroxyl groups is 1. The smallest absolute Gasteiger partial charge is 0.375 e. The third-order valence-electron chi connectivity index (χ3n) is 3.04. The van der Waals surface area contributed by atoms with Gasteiger partial charge >= 0.3 is 12.4 Å². The molecule has 2 unspecified atom stereocenters. The largest absolute Gasteiger partial charge is 0.422 e. The third-order valence-corrected chi connectivity index (χ3v) is 3.04.